The van der Waals surface area contributed by atoms with E-state index in [2.05, 4.69) is 89.4 Å². The van der Waals surface area contributed by atoms with Gasteiger partial charge in [-0.2, -0.15) is 11.8 Å². The van der Waals surface area contributed by atoms with Gasteiger partial charge >= 0.3 is 5.97 Å². The smallest absolute Gasteiger partial charge is 0.305 e. The lowest BCUT2D eigenvalue weighted by atomic mass is 9.97. The molecule has 3 unspecified atom stereocenters. The summed E-state index contributed by atoms with van der Waals surface area (Å²) < 4.78 is 0. The average molecular weight is 1610 g/mol. The largest absolute Gasteiger partial charge is 0.481 e. The maximum absolute atomic E-state index is 14.6. The van der Waals surface area contributed by atoms with Crippen molar-refractivity contribution in [3.63, 3.8) is 0 Å². The number of nitrogens with one attached hydrogen (secondary N) is 14. The lowest BCUT2D eigenvalue weighted by molar-refractivity contribution is -0.141. The molecule has 33 N–H and O–H groups in total. The lowest BCUT2D eigenvalue weighted by Gasteiger charge is -2.28. The van der Waals surface area contributed by atoms with E-state index in [-0.39, 0.29) is 107 Å². The van der Waals surface area contributed by atoms with E-state index in [1.54, 1.807) is 50.4 Å². The topological polar surface area (TPSA) is 747 Å². The lowest BCUT2D eigenvalue weighted by Crippen LogP contribution is -2.61. The van der Waals surface area contributed by atoms with Crippen LogP contribution in [0, 0.1) is 5.92 Å². The van der Waals surface area contributed by atoms with Gasteiger partial charge in [-0.1, -0.05) is 72.2 Å². The van der Waals surface area contributed by atoms with E-state index in [0.29, 0.717) is 5.56 Å². The van der Waals surface area contributed by atoms with Crippen molar-refractivity contribution in [1.29, 1.82) is 0 Å². The van der Waals surface area contributed by atoms with Crippen LogP contribution in [-0.4, -0.2) is 276 Å². The minimum Gasteiger partial charge on any atom is -0.481 e. The molecule has 13 atom stereocenters. The molecule has 0 radical (unpaired) electrons. The Kier molecular flexibility index (Phi) is 45.0. The van der Waals surface area contributed by atoms with Crippen LogP contribution >= 0.6 is 33.3 Å². The molecule has 2 rings (SSSR count). The number of aliphatic hydroxyl groups excluding tert-OH is 2. The number of carbonyl (C=O) groups excluding carboxylic acids is 15. The first-order chi connectivity index (χ1) is 52.0. The fourth-order valence-electron chi connectivity index (χ4n) is 9.72. The van der Waals surface area contributed by atoms with E-state index in [1.165, 1.54) is 18.7 Å². The number of hydrogen-bond donors (Lipinski definition) is 25. The van der Waals surface area contributed by atoms with E-state index >= 15 is 0 Å². The van der Waals surface area contributed by atoms with E-state index in [9.17, 15) is 92.0 Å². The molecule has 1 aliphatic rings. The van der Waals surface area contributed by atoms with Crippen LogP contribution < -0.4 is 120 Å². The maximum Gasteiger partial charge on any atom is 0.305 e. The van der Waals surface area contributed by atoms with Crippen LogP contribution in [-0.2, 0) is 83.1 Å². The minimum absolute atomic E-state index is 0.00636. The van der Waals surface area contributed by atoms with Crippen molar-refractivity contribution in [3.8, 4) is 0 Å². The molecule has 1 aromatic rings. The van der Waals surface area contributed by atoms with Crippen molar-refractivity contribution >= 4 is 146 Å². The monoisotopic (exact) mass is 1610 g/mol. The normalized spacial score (nSPS) is 22.3. The molecule has 1 fully saturated rings. The molecule has 0 aliphatic carbocycles. The number of aliphatic hydroxyl groups is 2. The summed E-state index contributed by atoms with van der Waals surface area (Å²) in [6.45, 7) is -0.291. The van der Waals surface area contributed by atoms with Crippen molar-refractivity contribution in [2.75, 3.05) is 76.0 Å². The first-order valence-electron chi connectivity index (χ1n) is 34.6. The standard InChI is InChI=1S/C63H105N25O19S3/c1-5-31(2)48-60(107)77-26-45(92)78-32(3)50(97)86-42(49(65)96)29-109-110-30-43(87-58(105)41(28-90)85-57(104)40(27-89)84-51(98)34(64)14-9-18-72-61(66)67)59(106)82-38(22-33-12-7-6-8-13-33)52(99)76-24-44(91)75-25-46(93)79-35(15-10-19-73-62(68)69)53(100)81-37(17-21-108-4)54(101)83-39(23-47(94)95)56(103)80-36(55(102)88-48)16-11-20-74-63(70)71/h6-8,12-13,31-32,34-43,48,89-90H,5,9-11,14-30,64H2,1-4H3,(H2,65,96)(H,75,91)(H,76,99)(H,77,107)(H,78,92)(H,79,93)(H,80,103)(H,81,100)(H,82,106)(H,83,101)(H,84,98)(H,85,104)(H,86,97)(H,87,105)(H,88,102)(H,94,95)(H4,66,67,72)(H4,68,69,73)(H4,70,71,74)/t31-,32-,34-,35?,36-,37-,38-,39?,40-,41-,42?,43-,48-/m0/s1. The molecule has 0 spiro atoms. The predicted octanol–water partition coefficient (Wildman–Crippen LogP) is -11.4. The highest BCUT2D eigenvalue weighted by atomic mass is 33.1. The third-order valence-corrected chi connectivity index (χ3v) is 19.0. The molecule has 1 saturated heterocycles. The number of aliphatic carboxylic acids is 1. The zero-order valence-electron chi connectivity index (χ0n) is 61.3. The Balaban J connectivity index is 2.77. The zero-order valence-corrected chi connectivity index (χ0v) is 63.7. The zero-order chi connectivity index (χ0) is 82.6. The summed E-state index contributed by atoms with van der Waals surface area (Å²) in [5, 5.41) is 64.0. The van der Waals surface area contributed by atoms with Gasteiger partial charge in [0.15, 0.2) is 17.9 Å². The molecule has 0 saturated carbocycles. The molecule has 1 aliphatic heterocycles. The second-order valence-corrected chi connectivity index (χ2v) is 28.4. The number of benzene rings is 1. The fraction of sp³-hybridized carbons (Fsp3) is 0.603. The summed E-state index contributed by atoms with van der Waals surface area (Å²) in [4.78, 5) is 231. The number of rotatable bonds is 30. The molecular formula is C63H105N25O19S3. The molecular weight excluding hydrogens is 1510 g/mol. The SMILES string of the molecule is CC[C@H](C)[C@@H]1NC(=O)[C@H](CCCN=C(N)N)NC(=O)C(CC(=O)O)NC(=O)[C@H](CCSC)NC(=O)C(CCCN=C(N)N)NC(=O)CNC(=O)CNC(=O)[C@H](Cc2ccccc2)NC(=O)[C@@H](NC(=O)[C@H](CO)NC(=O)[C@H](CO)NC(=O)[C@@H](N)CCCN=C(N)N)CSSCC(C(N)=O)NC(=O)[C@H](C)NC(=O)CNC1=O. The Morgan fingerprint density at radius 2 is 1.04 bits per heavy atom. The van der Waals surface area contributed by atoms with Crippen molar-refractivity contribution in [3.05, 3.63) is 35.9 Å². The quantitative estimate of drug-likeness (QED) is 0.0147. The molecule has 44 nitrogen and oxygen atoms in total. The maximum atomic E-state index is 14.6. The van der Waals surface area contributed by atoms with E-state index in [1.807, 2.05) is 0 Å². The number of hydrogen-bond acceptors (Lipinski definition) is 25. The fourth-order valence-corrected chi connectivity index (χ4v) is 12.5. The average Bonchev–Trinajstić information content (AvgIpc) is 0.864. The summed E-state index contributed by atoms with van der Waals surface area (Å²) in [6, 6.07) is -11.2. The van der Waals surface area contributed by atoms with Crippen molar-refractivity contribution in [2.24, 2.45) is 66.8 Å². The Morgan fingerprint density at radius 1 is 0.555 bits per heavy atom. The number of carboxylic acids is 1. The first kappa shape index (κ1) is 95.6. The van der Waals surface area contributed by atoms with Crippen LogP contribution in [0.3, 0.4) is 0 Å². The van der Waals surface area contributed by atoms with E-state index in [4.69, 9.17) is 45.9 Å². The van der Waals surface area contributed by atoms with Crippen LogP contribution in [0.4, 0.5) is 0 Å². The van der Waals surface area contributed by atoms with Crippen molar-refractivity contribution in [1.82, 2.24) is 74.4 Å². The summed E-state index contributed by atoms with van der Waals surface area (Å²) in [5.74, 6) is -19.5. The van der Waals surface area contributed by atoms with Gasteiger partial charge in [-0.3, -0.25) is 91.7 Å². The summed E-state index contributed by atoms with van der Waals surface area (Å²) in [7, 11) is 1.60. The van der Waals surface area contributed by atoms with Gasteiger partial charge in [-0.05, 0) is 75.4 Å². The van der Waals surface area contributed by atoms with Gasteiger partial charge in [-0.15, -0.1) is 0 Å². The first-order valence-corrected chi connectivity index (χ1v) is 38.5. The van der Waals surface area contributed by atoms with Crippen molar-refractivity contribution < 1.29 is 92.0 Å². The number of carbonyl (C=O) groups is 16. The Labute approximate surface area is 645 Å². The minimum atomic E-state index is -1.95. The highest BCUT2D eigenvalue weighted by Crippen LogP contribution is 2.24. The third-order valence-electron chi connectivity index (χ3n) is 16.0. The summed E-state index contributed by atoms with van der Waals surface area (Å²) >= 11 is 1.23. The number of nitrogens with zero attached hydrogens (tertiary/aromatic N) is 3. The van der Waals surface area contributed by atoms with Gasteiger partial charge in [0, 0.05) is 37.6 Å². The number of carboxylic acid groups (broad SMARTS) is 1. The van der Waals surface area contributed by atoms with Crippen LogP contribution in [0.2, 0.25) is 0 Å². The van der Waals surface area contributed by atoms with Crippen LogP contribution in [0.15, 0.2) is 45.3 Å². The molecule has 15 amide bonds. The molecule has 614 valence electrons. The van der Waals surface area contributed by atoms with Gasteiger partial charge in [0.2, 0.25) is 88.6 Å². The Hall–Kier alpha value is -10.5. The molecule has 110 heavy (non-hydrogen) atoms. The van der Waals surface area contributed by atoms with Gasteiger partial charge in [-0.25, -0.2) is 0 Å². The Morgan fingerprint density at radius 3 is 1.59 bits per heavy atom. The predicted molar refractivity (Wildman–Crippen MR) is 407 cm³/mol. The Bertz CT molecular complexity index is 3390. The van der Waals surface area contributed by atoms with Crippen LogP contribution in [0.5, 0.6) is 0 Å². The van der Waals surface area contributed by atoms with E-state index < -0.39 is 218 Å². The number of aliphatic imine (C=N–C) groups is 3. The molecule has 1 heterocycles. The summed E-state index contributed by atoms with van der Waals surface area (Å²) in [6.07, 6.45) is 0.200. The molecule has 47 heteroatoms. The van der Waals surface area contributed by atoms with Gasteiger partial charge in [0.1, 0.15) is 66.5 Å². The number of thioether (sulfide) groups is 1. The highest BCUT2D eigenvalue weighted by molar-refractivity contribution is 8.76. The van der Waals surface area contributed by atoms with Crippen LogP contribution in [0.1, 0.15) is 84.1 Å². The number of guanidine groups is 3. The number of nitrogens with two attached hydrogens (primary N) is 8. The van der Waals surface area contributed by atoms with Gasteiger partial charge in [0.05, 0.1) is 45.3 Å². The molecule has 0 aromatic heterocycles. The van der Waals surface area contributed by atoms with Gasteiger partial charge in [0.25, 0.3) is 0 Å². The second-order valence-electron chi connectivity index (χ2n) is 24.8. The second kappa shape index (κ2) is 51.7. The van der Waals surface area contributed by atoms with Gasteiger partial charge < -0.3 is 136 Å². The molecule has 1 aromatic carbocycles. The van der Waals surface area contributed by atoms with Crippen LogP contribution in [0.25, 0.3) is 0 Å². The highest BCUT2D eigenvalue weighted by Gasteiger charge is 2.37. The summed E-state index contributed by atoms with van der Waals surface area (Å²) in [5.41, 5.74) is 44.8. The molecule has 0 bridgehead atoms. The third kappa shape index (κ3) is 38.0. The van der Waals surface area contributed by atoms with Crippen molar-refractivity contribution in [2.45, 2.75) is 157 Å². The van der Waals surface area contributed by atoms with E-state index in [0.717, 1.165) is 21.6 Å². The number of amides is 15. The number of primary amides is 1.